The van der Waals surface area contributed by atoms with Gasteiger partial charge < -0.3 is 9.84 Å². The number of nitrogens with one attached hydrogen (secondary N) is 1. The summed E-state index contributed by atoms with van der Waals surface area (Å²) in [5.41, 5.74) is 2.09. The van der Waals surface area contributed by atoms with Crippen molar-refractivity contribution in [3.8, 4) is 6.07 Å². The fourth-order valence-corrected chi connectivity index (χ4v) is 1.26. The van der Waals surface area contributed by atoms with Crippen LogP contribution in [0.1, 0.15) is 17.1 Å². The van der Waals surface area contributed by atoms with Crippen molar-refractivity contribution in [1.29, 1.82) is 5.26 Å². The van der Waals surface area contributed by atoms with Crippen LogP contribution in [0.2, 0.25) is 0 Å². The molecule has 2 heterocycles. The van der Waals surface area contributed by atoms with E-state index in [9.17, 15) is 0 Å². The maximum absolute atomic E-state index is 8.58. The number of nitrogens with zero attached hydrogens (tertiary/aromatic N) is 3. The number of nitriles is 1. The standard InChI is InChI=1S/C11H10N4O/c1-8-4-11(15-16-8)7-14-10-3-2-9(5-12)13-6-10/h2-4,6,14H,7H2,1H3. The third kappa shape index (κ3) is 2.36. The molecule has 0 spiro atoms. The smallest absolute Gasteiger partial charge is 0.140 e. The summed E-state index contributed by atoms with van der Waals surface area (Å²) in [5, 5.41) is 15.6. The van der Waals surface area contributed by atoms with Crippen LogP contribution in [0.5, 0.6) is 0 Å². The van der Waals surface area contributed by atoms with E-state index in [4.69, 9.17) is 9.78 Å². The third-order valence-corrected chi connectivity index (χ3v) is 2.03. The normalized spacial score (nSPS) is 9.75. The minimum absolute atomic E-state index is 0.405. The molecule has 0 aliphatic carbocycles. The molecule has 2 aromatic rings. The first-order chi connectivity index (χ1) is 7.78. The van der Waals surface area contributed by atoms with Gasteiger partial charge in [0.2, 0.25) is 0 Å². The Hall–Kier alpha value is -2.35. The summed E-state index contributed by atoms with van der Waals surface area (Å²) >= 11 is 0. The first kappa shape index (κ1) is 10.2. The molecule has 0 atom stereocenters. The molecule has 5 nitrogen and oxygen atoms in total. The number of aryl methyl sites for hydroxylation is 1. The largest absolute Gasteiger partial charge is 0.378 e. The van der Waals surface area contributed by atoms with E-state index >= 15 is 0 Å². The van der Waals surface area contributed by atoms with Gasteiger partial charge >= 0.3 is 0 Å². The van der Waals surface area contributed by atoms with Crippen LogP contribution in [0.25, 0.3) is 0 Å². The molecular formula is C11H10N4O. The molecular weight excluding hydrogens is 204 g/mol. The predicted molar refractivity (Wildman–Crippen MR) is 57.5 cm³/mol. The molecule has 0 radical (unpaired) electrons. The summed E-state index contributed by atoms with van der Waals surface area (Å²) in [6, 6.07) is 7.30. The van der Waals surface area contributed by atoms with Gasteiger partial charge in [-0.05, 0) is 19.1 Å². The van der Waals surface area contributed by atoms with Gasteiger partial charge in [0.1, 0.15) is 23.2 Å². The van der Waals surface area contributed by atoms with Gasteiger partial charge in [-0.2, -0.15) is 5.26 Å². The highest BCUT2D eigenvalue weighted by Gasteiger charge is 2.00. The molecule has 0 bridgehead atoms. The summed E-state index contributed by atoms with van der Waals surface area (Å²) in [6.07, 6.45) is 1.62. The maximum Gasteiger partial charge on any atom is 0.140 e. The molecule has 80 valence electrons. The second kappa shape index (κ2) is 4.45. The lowest BCUT2D eigenvalue weighted by Gasteiger charge is -2.02. The van der Waals surface area contributed by atoms with Gasteiger partial charge in [-0.1, -0.05) is 5.16 Å². The molecule has 0 fully saturated rings. The number of rotatable bonds is 3. The Morgan fingerprint density at radius 2 is 2.38 bits per heavy atom. The Labute approximate surface area is 92.7 Å². The Balaban J connectivity index is 1.97. The molecule has 2 rings (SSSR count). The minimum atomic E-state index is 0.405. The van der Waals surface area contributed by atoms with Crippen LogP contribution < -0.4 is 5.32 Å². The van der Waals surface area contributed by atoms with Crippen LogP contribution in [-0.4, -0.2) is 10.1 Å². The number of hydrogen-bond acceptors (Lipinski definition) is 5. The fraction of sp³-hybridized carbons (Fsp3) is 0.182. The van der Waals surface area contributed by atoms with Crippen molar-refractivity contribution in [3.63, 3.8) is 0 Å². The molecule has 0 aromatic carbocycles. The Bertz CT molecular complexity index is 510. The van der Waals surface area contributed by atoms with Crippen molar-refractivity contribution in [2.75, 3.05) is 5.32 Å². The van der Waals surface area contributed by atoms with Crippen molar-refractivity contribution in [1.82, 2.24) is 10.1 Å². The van der Waals surface area contributed by atoms with Crippen LogP contribution in [-0.2, 0) is 6.54 Å². The van der Waals surface area contributed by atoms with Crippen molar-refractivity contribution in [2.24, 2.45) is 0 Å². The Morgan fingerprint density at radius 3 is 2.94 bits per heavy atom. The average molecular weight is 214 g/mol. The van der Waals surface area contributed by atoms with E-state index in [1.807, 2.05) is 19.1 Å². The second-order valence-electron chi connectivity index (χ2n) is 3.33. The van der Waals surface area contributed by atoms with Crippen molar-refractivity contribution >= 4 is 5.69 Å². The van der Waals surface area contributed by atoms with Gasteiger partial charge in [0.05, 0.1) is 18.4 Å². The zero-order valence-electron chi connectivity index (χ0n) is 8.77. The van der Waals surface area contributed by atoms with Crippen molar-refractivity contribution in [3.05, 3.63) is 41.5 Å². The Kier molecular flexibility index (Phi) is 2.83. The summed E-state index contributed by atoms with van der Waals surface area (Å²) < 4.78 is 4.94. The average Bonchev–Trinajstić information content (AvgIpc) is 2.73. The topological polar surface area (TPSA) is 74.7 Å². The van der Waals surface area contributed by atoms with Gasteiger partial charge in [0.25, 0.3) is 0 Å². The van der Waals surface area contributed by atoms with E-state index in [0.717, 1.165) is 17.1 Å². The van der Waals surface area contributed by atoms with Crippen LogP contribution in [0.4, 0.5) is 5.69 Å². The molecule has 16 heavy (non-hydrogen) atoms. The van der Waals surface area contributed by atoms with Gasteiger partial charge in [-0.15, -0.1) is 0 Å². The van der Waals surface area contributed by atoms with Crippen LogP contribution in [0, 0.1) is 18.3 Å². The first-order valence-corrected chi connectivity index (χ1v) is 4.80. The molecule has 0 saturated carbocycles. The van der Waals surface area contributed by atoms with Crippen molar-refractivity contribution in [2.45, 2.75) is 13.5 Å². The van der Waals surface area contributed by atoms with E-state index in [1.54, 1.807) is 18.3 Å². The lowest BCUT2D eigenvalue weighted by Crippen LogP contribution is -2.00. The van der Waals surface area contributed by atoms with Crippen LogP contribution >= 0.6 is 0 Å². The highest BCUT2D eigenvalue weighted by Crippen LogP contribution is 2.08. The molecule has 0 aliphatic rings. The van der Waals surface area contributed by atoms with E-state index < -0.39 is 0 Å². The van der Waals surface area contributed by atoms with Crippen LogP contribution in [0.15, 0.2) is 28.9 Å². The summed E-state index contributed by atoms with van der Waals surface area (Å²) in [7, 11) is 0. The lowest BCUT2D eigenvalue weighted by atomic mass is 10.3. The fourth-order valence-electron chi connectivity index (χ4n) is 1.26. The minimum Gasteiger partial charge on any atom is -0.378 e. The summed E-state index contributed by atoms with van der Waals surface area (Å²) in [5.74, 6) is 0.787. The molecule has 2 aromatic heterocycles. The number of aromatic nitrogens is 2. The molecule has 0 aliphatic heterocycles. The van der Waals surface area contributed by atoms with Gasteiger partial charge in [-0.25, -0.2) is 4.98 Å². The highest BCUT2D eigenvalue weighted by atomic mass is 16.5. The number of anilines is 1. The lowest BCUT2D eigenvalue weighted by molar-refractivity contribution is 0.391. The molecule has 0 saturated heterocycles. The first-order valence-electron chi connectivity index (χ1n) is 4.80. The Morgan fingerprint density at radius 1 is 1.50 bits per heavy atom. The summed E-state index contributed by atoms with van der Waals surface area (Å²) in [4.78, 5) is 3.95. The monoisotopic (exact) mass is 214 g/mol. The van der Waals surface area contributed by atoms with E-state index in [1.165, 1.54) is 0 Å². The van der Waals surface area contributed by atoms with Gasteiger partial charge in [-0.3, -0.25) is 0 Å². The quantitative estimate of drug-likeness (QED) is 0.844. The molecule has 5 heteroatoms. The highest BCUT2D eigenvalue weighted by molar-refractivity contribution is 5.42. The molecule has 1 N–H and O–H groups in total. The van der Waals surface area contributed by atoms with E-state index in [0.29, 0.717) is 12.2 Å². The van der Waals surface area contributed by atoms with Crippen molar-refractivity contribution < 1.29 is 4.52 Å². The second-order valence-corrected chi connectivity index (χ2v) is 3.33. The van der Waals surface area contributed by atoms with Gasteiger partial charge in [0, 0.05) is 6.07 Å². The predicted octanol–water partition coefficient (Wildman–Crippen LogP) is 1.86. The van der Waals surface area contributed by atoms with Crippen LogP contribution in [0.3, 0.4) is 0 Å². The van der Waals surface area contributed by atoms with E-state index in [-0.39, 0.29) is 0 Å². The third-order valence-electron chi connectivity index (χ3n) is 2.03. The summed E-state index contributed by atoms with van der Waals surface area (Å²) in [6.45, 7) is 2.42. The maximum atomic E-state index is 8.58. The van der Waals surface area contributed by atoms with E-state index in [2.05, 4.69) is 15.5 Å². The SMILES string of the molecule is Cc1cc(CNc2ccc(C#N)nc2)no1. The molecule has 0 amide bonds. The zero-order chi connectivity index (χ0) is 11.4. The number of pyridine rings is 1. The molecule has 0 unspecified atom stereocenters. The zero-order valence-corrected chi connectivity index (χ0v) is 8.77. The number of hydrogen-bond donors (Lipinski definition) is 1. The van der Waals surface area contributed by atoms with Gasteiger partial charge in [0.15, 0.2) is 0 Å².